The van der Waals surface area contributed by atoms with E-state index in [2.05, 4.69) is 32.0 Å². The summed E-state index contributed by atoms with van der Waals surface area (Å²) in [6.45, 7) is 1.87. The van der Waals surface area contributed by atoms with Gasteiger partial charge in [-0.05, 0) is 25.0 Å². The monoisotopic (exact) mass is 284 g/mol. The zero-order valence-corrected chi connectivity index (χ0v) is 10.6. The number of aromatic nitrogens is 2. The molecule has 0 aliphatic rings. The third kappa shape index (κ3) is 2.13. The SMILES string of the molecule is Cc1nc2cccc(CCBr)c2nc1Cl. The second kappa shape index (κ2) is 4.45. The maximum absolute atomic E-state index is 5.97. The van der Waals surface area contributed by atoms with Crippen molar-refractivity contribution in [1.29, 1.82) is 0 Å². The fraction of sp³-hybridized carbons (Fsp3) is 0.273. The Bertz CT molecular complexity index is 499. The molecule has 0 N–H and O–H groups in total. The topological polar surface area (TPSA) is 25.8 Å². The molecular formula is C11H10BrClN2. The predicted octanol–water partition coefficient (Wildman–Crippen LogP) is 3.53. The Hall–Kier alpha value is -0.670. The van der Waals surface area contributed by atoms with Gasteiger partial charge in [0.1, 0.15) is 0 Å². The normalized spacial score (nSPS) is 10.9. The van der Waals surface area contributed by atoms with Crippen molar-refractivity contribution in [1.82, 2.24) is 9.97 Å². The summed E-state index contributed by atoms with van der Waals surface area (Å²) in [5, 5.41) is 1.41. The third-order valence-electron chi connectivity index (χ3n) is 2.26. The van der Waals surface area contributed by atoms with E-state index in [1.807, 2.05) is 19.1 Å². The maximum Gasteiger partial charge on any atom is 0.150 e. The zero-order chi connectivity index (χ0) is 10.8. The van der Waals surface area contributed by atoms with Crippen LogP contribution in [0.3, 0.4) is 0 Å². The van der Waals surface area contributed by atoms with Crippen LogP contribution in [0, 0.1) is 6.92 Å². The number of para-hydroxylation sites is 1. The van der Waals surface area contributed by atoms with Gasteiger partial charge in [0.05, 0.1) is 16.7 Å². The van der Waals surface area contributed by atoms with Gasteiger partial charge in [-0.2, -0.15) is 0 Å². The molecule has 0 aliphatic heterocycles. The zero-order valence-electron chi connectivity index (χ0n) is 8.30. The first-order valence-electron chi connectivity index (χ1n) is 4.70. The molecule has 0 aliphatic carbocycles. The Morgan fingerprint density at radius 3 is 2.87 bits per heavy atom. The molecule has 0 bridgehead atoms. The molecule has 2 nitrogen and oxygen atoms in total. The summed E-state index contributed by atoms with van der Waals surface area (Å²) in [5.74, 6) is 0. The lowest BCUT2D eigenvalue weighted by Crippen LogP contribution is -1.95. The molecule has 0 saturated heterocycles. The van der Waals surface area contributed by atoms with E-state index in [9.17, 15) is 0 Å². The Balaban J connectivity index is 2.68. The first-order valence-corrected chi connectivity index (χ1v) is 6.20. The van der Waals surface area contributed by atoms with Crippen molar-refractivity contribution in [3.63, 3.8) is 0 Å². The average Bonchev–Trinajstić information content (AvgIpc) is 2.21. The van der Waals surface area contributed by atoms with Crippen molar-refractivity contribution in [3.8, 4) is 0 Å². The number of nitrogens with zero attached hydrogens (tertiary/aromatic N) is 2. The fourth-order valence-electron chi connectivity index (χ4n) is 1.51. The summed E-state index contributed by atoms with van der Waals surface area (Å²) in [6, 6.07) is 6.02. The molecule has 78 valence electrons. The van der Waals surface area contributed by atoms with Gasteiger partial charge in [-0.15, -0.1) is 0 Å². The highest BCUT2D eigenvalue weighted by Crippen LogP contribution is 2.20. The Kier molecular flexibility index (Phi) is 3.22. The standard InChI is InChI=1S/C11H10BrClN2/c1-7-11(13)15-10-8(5-6-12)3-2-4-9(10)14-7/h2-4H,5-6H2,1H3. The second-order valence-corrected chi connectivity index (χ2v) is 4.47. The molecule has 2 rings (SSSR count). The molecule has 1 heterocycles. The van der Waals surface area contributed by atoms with Crippen molar-refractivity contribution in [3.05, 3.63) is 34.6 Å². The van der Waals surface area contributed by atoms with Crippen molar-refractivity contribution in [2.45, 2.75) is 13.3 Å². The molecule has 1 aromatic carbocycles. The van der Waals surface area contributed by atoms with Gasteiger partial charge in [-0.3, -0.25) is 0 Å². The van der Waals surface area contributed by atoms with Crippen LogP contribution >= 0.6 is 27.5 Å². The number of hydrogen-bond donors (Lipinski definition) is 0. The van der Waals surface area contributed by atoms with Crippen LogP contribution < -0.4 is 0 Å². The molecule has 0 radical (unpaired) electrons. The number of benzene rings is 1. The number of rotatable bonds is 2. The van der Waals surface area contributed by atoms with Crippen molar-refractivity contribution >= 4 is 38.6 Å². The maximum atomic E-state index is 5.97. The summed E-state index contributed by atoms with van der Waals surface area (Å²) >= 11 is 9.40. The molecule has 15 heavy (non-hydrogen) atoms. The summed E-state index contributed by atoms with van der Waals surface area (Å²) in [7, 11) is 0. The first-order chi connectivity index (χ1) is 7.22. The minimum Gasteiger partial charge on any atom is -0.248 e. The lowest BCUT2D eigenvalue weighted by atomic mass is 10.1. The highest BCUT2D eigenvalue weighted by atomic mass is 79.9. The highest BCUT2D eigenvalue weighted by molar-refractivity contribution is 9.09. The van der Waals surface area contributed by atoms with Gasteiger partial charge >= 0.3 is 0 Å². The van der Waals surface area contributed by atoms with E-state index in [1.165, 1.54) is 5.56 Å². The van der Waals surface area contributed by atoms with Crippen molar-refractivity contribution in [2.24, 2.45) is 0 Å². The molecule has 1 aromatic heterocycles. The molecule has 0 fully saturated rings. The van der Waals surface area contributed by atoms with E-state index in [0.29, 0.717) is 5.15 Å². The Morgan fingerprint density at radius 2 is 2.13 bits per heavy atom. The third-order valence-corrected chi connectivity index (χ3v) is 3.01. The number of hydrogen-bond acceptors (Lipinski definition) is 2. The van der Waals surface area contributed by atoms with Gasteiger partial charge in [-0.25, -0.2) is 9.97 Å². The van der Waals surface area contributed by atoms with Crippen LogP contribution in [0.4, 0.5) is 0 Å². The van der Waals surface area contributed by atoms with Crippen LogP contribution in [0.1, 0.15) is 11.3 Å². The van der Waals surface area contributed by atoms with Crippen LogP contribution in [0.15, 0.2) is 18.2 Å². The van der Waals surface area contributed by atoms with Gasteiger partial charge in [0.15, 0.2) is 5.15 Å². The predicted molar refractivity (Wildman–Crippen MR) is 66.8 cm³/mol. The molecule has 0 unspecified atom stereocenters. The molecule has 0 spiro atoms. The highest BCUT2D eigenvalue weighted by Gasteiger charge is 2.06. The van der Waals surface area contributed by atoms with E-state index in [4.69, 9.17) is 11.6 Å². The van der Waals surface area contributed by atoms with E-state index >= 15 is 0 Å². The van der Waals surface area contributed by atoms with E-state index < -0.39 is 0 Å². The van der Waals surface area contributed by atoms with Crippen LogP contribution in [0.5, 0.6) is 0 Å². The molecule has 4 heteroatoms. The average molecular weight is 286 g/mol. The van der Waals surface area contributed by atoms with Crippen molar-refractivity contribution < 1.29 is 0 Å². The molecule has 0 amide bonds. The van der Waals surface area contributed by atoms with Gasteiger partial charge in [0.25, 0.3) is 0 Å². The lowest BCUT2D eigenvalue weighted by molar-refractivity contribution is 1.13. The lowest BCUT2D eigenvalue weighted by Gasteiger charge is -2.05. The summed E-state index contributed by atoms with van der Waals surface area (Å²) < 4.78 is 0. The van der Waals surface area contributed by atoms with E-state index in [1.54, 1.807) is 0 Å². The van der Waals surface area contributed by atoms with Crippen LogP contribution in [-0.2, 0) is 6.42 Å². The minimum atomic E-state index is 0.490. The summed E-state index contributed by atoms with van der Waals surface area (Å²) in [5.41, 5.74) is 3.78. The number of alkyl halides is 1. The first kappa shape index (κ1) is 10.8. The van der Waals surface area contributed by atoms with Crippen molar-refractivity contribution in [2.75, 3.05) is 5.33 Å². The second-order valence-electron chi connectivity index (χ2n) is 3.32. The van der Waals surface area contributed by atoms with Crippen LogP contribution in [0.2, 0.25) is 5.15 Å². The fourth-order valence-corrected chi connectivity index (χ4v) is 2.06. The molecule has 0 atom stereocenters. The Labute approximate surface area is 102 Å². The van der Waals surface area contributed by atoms with Crippen LogP contribution in [0.25, 0.3) is 11.0 Å². The van der Waals surface area contributed by atoms with Gasteiger partial charge in [0, 0.05) is 5.33 Å². The smallest absolute Gasteiger partial charge is 0.150 e. The molecule has 0 saturated carbocycles. The summed E-state index contributed by atoms with van der Waals surface area (Å²) in [6.07, 6.45) is 0.936. The van der Waals surface area contributed by atoms with Crippen LogP contribution in [-0.4, -0.2) is 15.3 Å². The van der Waals surface area contributed by atoms with E-state index in [-0.39, 0.29) is 0 Å². The summed E-state index contributed by atoms with van der Waals surface area (Å²) in [4.78, 5) is 8.78. The largest absolute Gasteiger partial charge is 0.248 e. The quantitative estimate of drug-likeness (QED) is 0.789. The molecule has 2 aromatic rings. The van der Waals surface area contributed by atoms with Gasteiger partial charge in [-0.1, -0.05) is 39.7 Å². The van der Waals surface area contributed by atoms with Gasteiger partial charge in [0.2, 0.25) is 0 Å². The number of fused-ring (bicyclic) bond motifs is 1. The number of aryl methyl sites for hydroxylation is 2. The van der Waals surface area contributed by atoms with Gasteiger partial charge < -0.3 is 0 Å². The number of halogens is 2. The Morgan fingerprint density at radius 1 is 1.33 bits per heavy atom. The molecular weight excluding hydrogens is 275 g/mol. The van der Waals surface area contributed by atoms with E-state index in [0.717, 1.165) is 28.5 Å². The minimum absolute atomic E-state index is 0.490.